The quantitative estimate of drug-likeness (QED) is 0.657. The third kappa shape index (κ3) is 4.19. The van der Waals surface area contributed by atoms with Crippen LogP contribution in [-0.2, 0) is 0 Å². The molecule has 8 heteroatoms. The molecule has 0 saturated heterocycles. The zero-order valence-corrected chi connectivity index (χ0v) is 13.3. The molecule has 0 unspecified atom stereocenters. The number of benzene rings is 1. The monoisotopic (exact) mass is 316 g/mol. The van der Waals surface area contributed by atoms with Gasteiger partial charge in [-0.2, -0.15) is 0 Å². The standard InChI is InChI=1S/C14H16N6OS/c1-9-12(21)16-13(19-18-9)17-14(22)15-8-10-4-6-11(7-5-10)20(2)3/h4-8H,1-3H3,(H2,16,17,19,21,22)/b15-8+. The summed E-state index contributed by atoms with van der Waals surface area (Å²) in [6.45, 7) is 1.57. The maximum atomic E-state index is 11.4. The number of aryl methyl sites for hydroxylation is 1. The van der Waals surface area contributed by atoms with Crippen molar-refractivity contribution in [2.45, 2.75) is 6.92 Å². The van der Waals surface area contributed by atoms with Gasteiger partial charge in [-0.3, -0.25) is 15.1 Å². The Kier molecular flexibility index (Phi) is 4.95. The highest BCUT2D eigenvalue weighted by atomic mass is 32.1. The molecule has 1 heterocycles. The molecule has 1 aromatic carbocycles. The van der Waals surface area contributed by atoms with Crippen LogP contribution in [0.3, 0.4) is 0 Å². The molecule has 0 amide bonds. The maximum Gasteiger partial charge on any atom is 0.273 e. The summed E-state index contributed by atoms with van der Waals surface area (Å²) < 4.78 is 0. The molecule has 114 valence electrons. The SMILES string of the molecule is Cc1nnc(NC(=S)/N=C/c2ccc(N(C)C)cc2)[nH]c1=O. The number of aliphatic imine (C=N–C) groups is 1. The number of aromatic amines is 1. The van der Waals surface area contributed by atoms with Crippen molar-refractivity contribution in [3.05, 3.63) is 45.9 Å². The topological polar surface area (TPSA) is 86.3 Å². The molecule has 0 aliphatic heterocycles. The van der Waals surface area contributed by atoms with Gasteiger partial charge in [-0.15, -0.1) is 10.2 Å². The molecule has 0 atom stereocenters. The number of hydrogen-bond acceptors (Lipinski definition) is 5. The van der Waals surface area contributed by atoms with Crippen LogP contribution in [0.5, 0.6) is 0 Å². The predicted molar refractivity (Wildman–Crippen MR) is 92.0 cm³/mol. The lowest BCUT2D eigenvalue weighted by Crippen LogP contribution is -2.19. The van der Waals surface area contributed by atoms with E-state index in [1.165, 1.54) is 0 Å². The van der Waals surface area contributed by atoms with E-state index in [1.54, 1.807) is 13.1 Å². The molecule has 0 saturated carbocycles. The maximum absolute atomic E-state index is 11.4. The first-order valence-electron chi connectivity index (χ1n) is 6.52. The summed E-state index contributed by atoms with van der Waals surface area (Å²) >= 11 is 5.07. The van der Waals surface area contributed by atoms with Crippen LogP contribution in [0.2, 0.25) is 0 Å². The van der Waals surface area contributed by atoms with Crippen molar-refractivity contribution in [2.24, 2.45) is 4.99 Å². The number of aromatic nitrogens is 3. The fourth-order valence-corrected chi connectivity index (χ4v) is 1.72. The summed E-state index contributed by atoms with van der Waals surface area (Å²) in [5, 5.41) is 10.4. The van der Waals surface area contributed by atoms with Gasteiger partial charge in [-0.1, -0.05) is 12.1 Å². The molecule has 0 radical (unpaired) electrons. The molecule has 22 heavy (non-hydrogen) atoms. The van der Waals surface area contributed by atoms with Crippen LogP contribution in [0.4, 0.5) is 11.6 Å². The second kappa shape index (κ2) is 6.90. The van der Waals surface area contributed by atoms with Crippen LogP contribution in [0.25, 0.3) is 0 Å². The largest absolute Gasteiger partial charge is 0.378 e. The van der Waals surface area contributed by atoms with E-state index in [2.05, 4.69) is 25.5 Å². The number of rotatable bonds is 3. The fourth-order valence-electron chi connectivity index (χ4n) is 1.57. The highest BCUT2D eigenvalue weighted by Gasteiger charge is 2.01. The van der Waals surface area contributed by atoms with E-state index in [-0.39, 0.29) is 16.6 Å². The van der Waals surface area contributed by atoms with Crippen molar-refractivity contribution in [3.8, 4) is 0 Å². The summed E-state index contributed by atoms with van der Waals surface area (Å²) in [4.78, 5) is 20.0. The van der Waals surface area contributed by atoms with Crippen LogP contribution in [0, 0.1) is 6.92 Å². The number of H-pyrrole nitrogens is 1. The average molecular weight is 316 g/mol. The van der Waals surface area contributed by atoms with E-state index < -0.39 is 0 Å². The smallest absolute Gasteiger partial charge is 0.273 e. The zero-order chi connectivity index (χ0) is 16.1. The number of thiocarbonyl (C=S) groups is 1. The van der Waals surface area contributed by atoms with Crippen molar-refractivity contribution < 1.29 is 0 Å². The number of nitrogens with one attached hydrogen (secondary N) is 2. The van der Waals surface area contributed by atoms with Crippen LogP contribution in [0.15, 0.2) is 34.1 Å². The summed E-state index contributed by atoms with van der Waals surface area (Å²) in [7, 11) is 3.96. The Hall–Kier alpha value is -2.61. The first-order chi connectivity index (χ1) is 10.5. The summed E-state index contributed by atoms with van der Waals surface area (Å²) in [6, 6.07) is 7.85. The molecule has 0 aliphatic rings. The van der Waals surface area contributed by atoms with E-state index in [4.69, 9.17) is 12.2 Å². The minimum Gasteiger partial charge on any atom is -0.378 e. The van der Waals surface area contributed by atoms with E-state index >= 15 is 0 Å². The summed E-state index contributed by atoms with van der Waals surface area (Å²) in [5.41, 5.74) is 1.99. The van der Waals surface area contributed by atoms with Crippen molar-refractivity contribution in [3.63, 3.8) is 0 Å². The number of hydrogen-bond donors (Lipinski definition) is 2. The zero-order valence-electron chi connectivity index (χ0n) is 12.5. The lowest BCUT2D eigenvalue weighted by Gasteiger charge is -2.11. The first kappa shape index (κ1) is 15.8. The molecule has 0 bridgehead atoms. The molecule has 7 nitrogen and oxygen atoms in total. The second-order valence-electron chi connectivity index (χ2n) is 4.76. The van der Waals surface area contributed by atoms with Gasteiger partial charge in [-0.05, 0) is 36.8 Å². The van der Waals surface area contributed by atoms with Gasteiger partial charge in [0.25, 0.3) is 5.56 Å². The Morgan fingerprint density at radius 1 is 1.32 bits per heavy atom. The van der Waals surface area contributed by atoms with E-state index in [1.807, 2.05) is 43.3 Å². The van der Waals surface area contributed by atoms with Crippen LogP contribution >= 0.6 is 12.2 Å². The van der Waals surface area contributed by atoms with E-state index in [0.29, 0.717) is 5.69 Å². The Morgan fingerprint density at radius 3 is 2.59 bits per heavy atom. The van der Waals surface area contributed by atoms with Gasteiger partial charge >= 0.3 is 0 Å². The molecule has 2 rings (SSSR count). The Labute approximate surface area is 133 Å². The molecule has 1 aromatic heterocycles. The van der Waals surface area contributed by atoms with Crippen LogP contribution in [-0.4, -0.2) is 40.6 Å². The Bertz CT molecular complexity index is 751. The highest BCUT2D eigenvalue weighted by molar-refractivity contribution is 7.80. The molecule has 2 N–H and O–H groups in total. The first-order valence-corrected chi connectivity index (χ1v) is 6.92. The van der Waals surface area contributed by atoms with Crippen LogP contribution in [0.1, 0.15) is 11.3 Å². The molecule has 0 aliphatic carbocycles. The Morgan fingerprint density at radius 2 is 2.00 bits per heavy atom. The number of nitrogens with zero attached hydrogens (tertiary/aromatic N) is 4. The molecule has 0 fully saturated rings. The van der Waals surface area contributed by atoms with Gasteiger partial charge in [0.1, 0.15) is 5.69 Å². The van der Waals surface area contributed by atoms with Gasteiger partial charge in [0.15, 0.2) is 5.11 Å². The molecular weight excluding hydrogens is 300 g/mol. The average Bonchev–Trinajstić information content (AvgIpc) is 2.49. The lowest BCUT2D eigenvalue weighted by atomic mass is 10.2. The summed E-state index contributed by atoms with van der Waals surface area (Å²) in [6.07, 6.45) is 1.63. The molecular formula is C14H16N6OS. The van der Waals surface area contributed by atoms with Gasteiger partial charge in [0, 0.05) is 26.0 Å². The van der Waals surface area contributed by atoms with Gasteiger partial charge in [0.2, 0.25) is 5.95 Å². The normalized spacial score (nSPS) is 10.7. The van der Waals surface area contributed by atoms with Crippen LogP contribution < -0.4 is 15.8 Å². The lowest BCUT2D eigenvalue weighted by molar-refractivity contribution is 0.910. The van der Waals surface area contributed by atoms with Gasteiger partial charge < -0.3 is 4.90 Å². The third-order valence-corrected chi connectivity index (χ3v) is 3.03. The van der Waals surface area contributed by atoms with Crippen molar-refractivity contribution >= 4 is 35.2 Å². The third-order valence-electron chi connectivity index (χ3n) is 2.83. The second-order valence-corrected chi connectivity index (χ2v) is 5.15. The molecule has 0 spiro atoms. The van der Waals surface area contributed by atoms with Gasteiger partial charge in [0.05, 0.1) is 0 Å². The molecule has 2 aromatic rings. The van der Waals surface area contributed by atoms with Crippen molar-refractivity contribution in [1.29, 1.82) is 0 Å². The van der Waals surface area contributed by atoms with E-state index in [9.17, 15) is 4.79 Å². The van der Waals surface area contributed by atoms with Crippen molar-refractivity contribution in [1.82, 2.24) is 15.2 Å². The predicted octanol–water partition coefficient (Wildman–Crippen LogP) is 1.36. The minimum atomic E-state index is -0.316. The van der Waals surface area contributed by atoms with E-state index in [0.717, 1.165) is 11.3 Å². The van der Waals surface area contributed by atoms with Crippen molar-refractivity contribution in [2.75, 3.05) is 24.3 Å². The Balaban J connectivity index is 2.01. The highest BCUT2D eigenvalue weighted by Crippen LogP contribution is 2.10. The fraction of sp³-hybridized carbons (Fsp3) is 0.214. The minimum absolute atomic E-state index is 0.167. The number of anilines is 2. The van der Waals surface area contributed by atoms with Gasteiger partial charge in [-0.25, -0.2) is 4.99 Å². The summed E-state index contributed by atoms with van der Waals surface area (Å²) in [5.74, 6) is 0.167.